The van der Waals surface area contributed by atoms with E-state index < -0.39 is 10.7 Å². The van der Waals surface area contributed by atoms with E-state index in [0.717, 1.165) is 0 Å². The lowest BCUT2D eigenvalue weighted by Gasteiger charge is -2.35. The molecule has 1 aromatic heterocycles. The fourth-order valence-electron chi connectivity index (χ4n) is 3.36. The minimum Gasteiger partial charge on any atom is -0.362 e. The molecule has 0 aliphatic carbocycles. The summed E-state index contributed by atoms with van der Waals surface area (Å²) in [5.41, 5.74) is 1.08. The number of nitrogens with zero attached hydrogens (tertiary/aromatic N) is 7. The maximum absolute atomic E-state index is 13.4. The number of tetrazole rings is 1. The summed E-state index contributed by atoms with van der Waals surface area (Å²) in [6.45, 7) is 1.73. The van der Waals surface area contributed by atoms with Crippen LogP contribution in [-0.4, -0.2) is 62.1 Å². The number of halogens is 1. The smallest absolute Gasteiger partial charge is 0.292 e. The van der Waals surface area contributed by atoms with Crippen molar-refractivity contribution >= 4 is 17.3 Å². The average Bonchev–Trinajstić information content (AvgIpc) is 3.22. The molecule has 0 unspecified atom stereocenters. The molecular weight excluding hydrogens is 393 g/mol. The summed E-state index contributed by atoms with van der Waals surface area (Å²) in [5.74, 6) is -0.347. The van der Waals surface area contributed by atoms with Gasteiger partial charge in [0.25, 0.3) is 5.69 Å². The lowest BCUT2D eigenvalue weighted by Crippen LogP contribution is -2.49. The summed E-state index contributed by atoms with van der Waals surface area (Å²) in [5, 5.41) is 23.1. The van der Waals surface area contributed by atoms with Crippen molar-refractivity contribution in [2.75, 3.05) is 31.1 Å². The van der Waals surface area contributed by atoms with Gasteiger partial charge in [-0.15, -0.1) is 10.2 Å². The first-order chi connectivity index (χ1) is 14.5. The van der Waals surface area contributed by atoms with Crippen molar-refractivity contribution in [2.24, 2.45) is 0 Å². The van der Waals surface area contributed by atoms with E-state index >= 15 is 0 Å². The fraction of sp³-hybridized carbons (Fsp3) is 0.263. The van der Waals surface area contributed by atoms with Gasteiger partial charge >= 0.3 is 0 Å². The SMILES string of the molecule is O=C(Cn1nnc(-c2cccc(F)c2)n1)N1CCN(c2ccccc2[N+](=O)[O-])CC1. The third-order valence-electron chi connectivity index (χ3n) is 4.86. The molecule has 0 N–H and O–H groups in total. The molecule has 1 saturated heterocycles. The highest BCUT2D eigenvalue weighted by Crippen LogP contribution is 2.28. The maximum Gasteiger partial charge on any atom is 0.292 e. The molecule has 2 aromatic carbocycles. The number of carbonyl (C=O) groups is 1. The predicted octanol–water partition coefficient (Wildman–Crippen LogP) is 1.74. The molecule has 1 fully saturated rings. The molecule has 2 heterocycles. The number of rotatable bonds is 5. The van der Waals surface area contributed by atoms with E-state index in [4.69, 9.17) is 0 Å². The van der Waals surface area contributed by atoms with E-state index in [-0.39, 0.29) is 24.0 Å². The van der Waals surface area contributed by atoms with Gasteiger partial charge in [0.1, 0.15) is 18.0 Å². The van der Waals surface area contributed by atoms with E-state index in [2.05, 4.69) is 15.4 Å². The molecule has 1 amide bonds. The Balaban J connectivity index is 1.37. The van der Waals surface area contributed by atoms with Gasteiger partial charge in [0, 0.05) is 37.8 Å². The van der Waals surface area contributed by atoms with Crippen LogP contribution >= 0.6 is 0 Å². The normalized spacial score (nSPS) is 14.0. The Hall–Kier alpha value is -3.89. The van der Waals surface area contributed by atoms with Crippen molar-refractivity contribution in [3.63, 3.8) is 0 Å². The monoisotopic (exact) mass is 411 g/mol. The van der Waals surface area contributed by atoms with Gasteiger partial charge in [-0.3, -0.25) is 14.9 Å². The van der Waals surface area contributed by atoms with Crippen molar-refractivity contribution < 1.29 is 14.1 Å². The molecule has 0 radical (unpaired) electrons. The lowest BCUT2D eigenvalue weighted by molar-refractivity contribution is -0.384. The molecule has 1 aliphatic heterocycles. The van der Waals surface area contributed by atoms with Crippen LogP contribution in [0, 0.1) is 15.9 Å². The van der Waals surface area contributed by atoms with E-state index in [1.807, 2.05) is 4.90 Å². The van der Waals surface area contributed by atoms with Gasteiger partial charge in [0.15, 0.2) is 0 Å². The van der Waals surface area contributed by atoms with Crippen LogP contribution in [0.5, 0.6) is 0 Å². The zero-order valence-corrected chi connectivity index (χ0v) is 15.9. The molecule has 1 aliphatic rings. The average molecular weight is 411 g/mol. The highest BCUT2D eigenvalue weighted by Gasteiger charge is 2.26. The van der Waals surface area contributed by atoms with Gasteiger partial charge in [-0.2, -0.15) is 4.80 Å². The van der Waals surface area contributed by atoms with E-state index in [1.165, 1.54) is 23.0 Å². The Morgan fingerprint density at radius 2 is 1.87 bits per heavy atom. The second-order valence-electron chi connectivity index (χ2n) is 6.77. The number of anilines is 1. The Bertz CT molecular complexity index is 1080. The molecule has 0 spiro atoms. The van der Waals surface area contributed by atoms with Crippen LogP contribution in [0.1, 0.15) is 0 Å². The molecule has 10 nitrogen and oxygen atoms in total. The van der Waals surface area contributed by atoms with Crippen LogP contribution in [0.15, 0.2) is 48.5 Å². The van der Waals surface area contributed by atoms with Gasteiger partial charge in [0.2, 0.25) is 11.7 Å². The third-order valence-corrected chi connectivity index (χ3v) is 4.86. The summed E-state index contributed by atoms with van der Waals surface area (Å²) in [4.78, 5) is 28.2. The van der Waals surface area contributed by atoms with Crippen LogP contribution in [0.3, 0.4) is 0 Å². The van der Waals surface area contributed by atoms with Crippen molar-refractivity contribution in [2.45, 2.75) is 6.54 Å². The van der Waals surface area contributed by atoms with Crippen LogP contribution in [0.25, 0.3) is 11.4 Å². The molecule has 3 aromatic rings. The highest BCUT2D eigenvalue weighted by molar-refractivity contribution is 5.76. The van der Waals surface area contributed by atoms with Gasteiger partial charge in [-0.25, -0.2) is 4.39 Å². The van der Waals surface area contributed by atoms with Gasteiger partial charge in [0.05, 0.1) is 4.92 Å². The number of piperazine rings is 1. The number of benzene rings is 2. The Morgan fingerprint density at radius 1 is 1.10 bits per heavy atom. The van der Waals surface area contributed by atoms with Crippen LogP contribution < -0.4 is 4.90 Å². The van der Waals surface area contributed by atoms with Gasteiger partial charge in [-0.1, -0.05) is 24.3 Å². The molecule has 11 heteroatoms. The Kier molecular flexibility index (Phi) is 5.33. The summed E-state index contributed by atoms with van der Waals surface area (Å²) >= 11 is 0. The summed E-state index contributed by atoms with van der Waals surface area (Å²) in [6, 6.07) is 12.4. The van der Waals surface area contributed by atoms with Crippen molar-refractivity contribution in [3.05, 3.63) is 64.5 Å². The lowest BCUT2D eigenvalue weighted by atomic mass is 10.2. The summed E-state index contributed by atoms with van der Waals surface area (Å²) in [6.07, 6.45) is 0. The minimum atomic E-state index is -0.406. The fourth-order valence-corrected chi connectivity index (χ4v) is 3.36. The molecule has 0 atom stereocenters. The maximum atomic E-state index is 13.4. The van der Waals surface area contributed by atoms with Crippen molar-refractivity contribution in [3.8, 4) is 11.4 Å². The molecule has 30 heavy (non-hydrogen) atoms. The number of hydrogen-bond acceptors (Lipinski definition) is 7. The van der Waals surface area contributed by atoms with Gasteiger partial charge in [-0.05, 0) is 23.4 Å². The zero-order valence-electron chi connectivity index (χ0n) is 15.9. The van der Waals surface area contributed by atoms with Crippen molar-refractivity contribution in [1.82, 2.24) is 25.1 Å². The largest absolute Gasteiger partial charge is 0.362 e. The van der Waals surface area contributed by atoms with Crippen LogP contribution in [0.4, 0.5) is 15.8 Å². The molecule has 0 bridgehead atoms. The Morgan fingerprint density at radius 3 is 2.60 bits per heavy atom. The summed E-state index contributed by atoms with van der Waals surface area (Å²) < 4.78 is 13.4. The topological polar surface area (TPSA) is 110 Å². The van der Waals surface area contributed by atoms with E-state index in [0.29, 0.717) is 37.4 Å². The Labute approximate surface area is 170 Å². The predicted molar refractivity (Wildman–Crippen MR) is 105 cm³/mol. The number of para-hydroxylation sites is 2. The first-order valence-corrected chi connectivity index (χ1v) is 9.31. The van der Waals surface area contributed by atoms with Crippen LogP contribution in [-0.2, 0) is 11.3 Å². The van der Waals surface area contributed by atoms with Crippen LogP contribution in [0.2, 0.25) is 0 Å². The number of nitro benzene ring substituents is 1. The van der Waals surface area contributed by atoms with Crippen molar-refractivity contribution in [1.29, 1.82) is 0 Å². The number of aromatic nitrogens is 4. The first-order valence-electron chi connectivity index (χ1n) is 9.31. The number of carbonyl (C=O) groups excluding carboxylic acids is 1. The number of amides is 1. The number of hydrogen-bond donors (Lipinski definition) is 0. The number of nitro groups is 1. The second kappa shape index (κ2) is 8.23. The van der Waals surface area contributed by atoms with E-state index in [1.54, 1.807) is 35.2 Å². The second-order valence-corrected chi connectivity index (χ2v) is 6.77. The summed E-state index contributed by atoms with van der Waals surface area (Å²) in [7, 11) is 0. The minimum absolute atomic E-state index is 0.0500. The van der Waals surface area contributed by atoms with Gasteiger partial charge < -0.3 is 9.80 Å². The van der Waals surface area contributed by atoms with E-state index in [9.17, 15) is 19.3 Å². The third kappa shape index (κ3) is 4.09. The quantitative estimate of drug-likeness (QED) is 0.464. The molecule has 4 rings (SSSR count). The molecule has 154 valence electrons. The standard InChI is InChI=1S/C19H18FN7O3/c20-15-5-3-4-14(12-15)19-21-23-26(22-19)13-18(28)25-10-8-24(9-11-25)16-6-1-2-7-17(16)27(29)30/h1-7,12H,8-11,13H2. The zero-order chi connectivity index (χ0) is 21.1. The highest BCUT2D eigenvalue weighted by atomic mass is 19.1. The molecule has 0 saturated carbocycles. The first kappa shape index (κ1) is 19.4. The molecular formula is C19H18FN7O3.